The third-order valence-corrected chi connectivity index (χ3v) is 16.4. The molecule has 0 spiro atoms. The van der Waals surface area contributed by atoms with Gasteiger partial charge in [0.15, 0.2) is 0 Å². The average molecular weight is 619 g/mol. The molecule has 0 bridgehead atoms. The number of halogens is 2. The number of fused-ring (bicyclic) bond motifs is 3. The topological polar surface area (TPSA) is 0 Å². The third kappa shape index (κ3) is 5.63. The van der Waals surface area contributed by atoms with E-state index in [1.807, 2.05) is 12.2 Å². The Bertz CT molecular complexity index is 1390. The summed E-state index contributed by atoms with van der Waals surface area (Å²) < 4.78 is 3.92. The minimum Gasteiger partial charge on any atom is -1.00 e. The van der Waals surface area contributed by atoms with Gasteiger partial charge in [0.2, 0.25) is 0 Å². The largest absolute Gasteiger partial charge is 1.00 e. The molecule has 0 saturated heterocycles. The molecule has 0 radical (unpaired) electrons. The molecule has 194 valence electrons. The number of benzene rings is 3. The Labute approximate surface area is 249 Å². The minimum atomic E-state index is -2.45. The van der Waals surface area contributed by atoms with Gasteiger partial charge in [0, 0.05) is 0 Å². The van der Waals surface area contributed by atoms with Crippen LogP contribution in [0.2, 0.25) is 0 Å². The summed E-state index contributed by atoms with van der Waals surface area (Å²) >= 11 is -2.45. The molecule has 3 heteroatoms. The van der Waals surface area contributed by atoms with Crippen molar-refractivity contribution in [3.63, 3.8) is 0 Å². The SMILES string of the molecule is C=Cc1ccc2c(c1)-c1cc(C=C)ccc1[CH]2/[Zr+2]([C]1=CC(C(C)(C)C)=CC1)=[C](\CC)c1ccccc1.[Cl-].[Cl-]. The van der Waals surface area contributed by atoms with Gasteiger partial charge in [-0.25, -0.2) is 0 Å². The number of rotatable bonds is 6. The fourth-order valence-corrected chi connectivity index (χ4v) is 15.0. The van der Waals surface area contributed by atoms with Crippen molar-refractivity contribution in [2.24, 2.45) is 5.41 Å². The van der Waals surface area contributed by atoms with Gasteiger partial charge >= 0.3 is 226 Å². The quantitative estimate of drug-likeness (QED) is 0.397. The molecule has 2 aliphatic carbocycles. The van der Waals surface area contributed by atoms with Gasteiger partial charge in [-0.2, -0.15) is 0 Å². The van der Waals surface area contributed by atoms with E-state index in [1.165, 1.54) is 44.5 Å². The van der Waals surface area contributed by atoms with E-state index < -0.39 is 21.3 Å². The van der Waals surface area contributed by atoms with E-state index >= 15 is 0 Å². The summed E-state index contributed by atoms with van der Waals surface area (Å²) in [5.41, 5.74) is 11.3. The van der Waals surface area contributed by atoms with Crippen molar-refractivity contribution in [1.29, 1.82) is 0 Å². The van der Waals surface area contributed by atoms with Crippen LogP contribution in [0.5, 0.6) is 0 Å². The van der Waals surface area contributed by atoms with Crippen LogP contribution in [0, 0.1) is 5.41 Å². The summed E-state index contributed by atoms with van der Waals surface area (Å²) in [5.74, 6) is 0. The molecule has 3 aromatic rings. The van der Waals surface area contributed by atoms with Crippen molar-refractivity contribution in [3.05, 3.63) is 129 Å². The van der Waals surface area contributed by atoms with Gasteiger partial charge in [-0.15, -0.1) is 0 Å². The summed E-state index contributed by atoms with van der Waals surface area (Å²) in [6, 6.07) is 25.3. The first-order valence-electron chi connectivity index (χ1n) is 13.1. The Morgan fingerprint density at radius 2 is 1.42 bits per heavy atom. The Balaban J connectivity index is 0.00000200. The van der Waals surface area contributed by atoms with Crippen LogP contribution in [0.4, 0.5) is 0 Å². The van der Waals surface area contributed by atoms with Crippen LogP contribution in [0.15, 0.2) is 101 Å². The molecule has 3 aromatic carbocycles. The molecular weight excluding hydrogens is 583 g/mol. The third-order valence-electron chi connectivity index (χ3n) is 7.71. The predicted octanol–water partition coefficient (Wildman–Crippen LogP) is 3.56. The van der Waals surface area contributed by atoms with Crippen molar-refractivity contribution >= 4 is 15.4 Å². The molecule has 0 saturated carbocycles. The summed E-state index contributed by atoms with van der Waals surface area (Å²) in [6.45, 7) is 17.5. The second-order valence-corrected chi connectivity index (χ2v) is 17.4. The molecule has 0 N–H and O–H groups in total. The standard InChI is InChI=1S/C17H13.C9H13.C9H10.2ClH.Zr/c1-3-12-5-7-14-11-15-8-6-13(4-2)10-17(15)16(14)9-12;1-9(2,3)8-6-4-5-7-8;1-2-6-9-7-4-3-5-8-9;;;/h3-11H,1-2H2;6-7H,4H2,1-3H3;3-5,7-8H,2H2,1H3;2*1H;/q;;;;;+2/p-2. The van der Waals surface area contributed by atoms with Gasteiger partial charge in [0.1, 0.15) is 0 Å². The monoisotopic (exact) mass is 616 g/mol. The van der Waals surface area contributed by atoms with Gasteiger partial charge < -0.3 is 24.8 Å². The number of allylic oxidation sites excluding steroid dienone is 4. The van der Waals surface area contributed by atoms with E-state index in [9.17, 15) is 0 Å². The summed E-state index contributed by atoms with van der Waals surface area (Å²) in [4.78, 5) is 0. The van der Waals surface area contributed by atoms with E-state index in [4.69, 9.17) is 0 Å². The Kier molecular flexibility index (Phi) is 9.97. The molecule has 0 amide bonds. The van der Waals surface area contributed by atoms with Crippen LogP contribution in [0.25, 0.3) is 23.3 Å². The Hall–Kier alpha value is -2.05. The zero-order valence-corrected chi connectivity index (χ0v) is 26.8. The molecule has 5 rings (SSSR count). The van der Waals surface area contributed by atoms with E-state index in [2.05, 4.69) is 120 Å². The summed E-state index contributed by atoms with van der Waals surface area (Å²) in [5, 5.41) is 0. The fraction of sp³-hybridized carbons (Fsp3) is 0.229. The molecule has 0 heterocycles. The predicted molar refractivity (Wildman–Crippen MR) is 155 cm³/mol. The molecule has 0 atom stereocenters. The molecule has 0 nitrogen and oxygen atoms in total. The van der Waals surface area contributed by atoms with Crippen molar-refractivity contribution in [3.8, 4) is 11.1 Å². The summed E-state index contributed by atoms with van der Waals surface area (Å²) in [6.07, 6.45) is 11.3. The fourth-order valence-electron chi connectivity index (χ4n) is 5.83. The molecule has 0 unspecified atom stereocenters. The first-order valence-corrected chi connectivity index (χ1v) is 17.0. The molecule has 0 aliphatic heterocycles. The van der Waals surface area contributed by atoms with Crippen LogP contribution in [-0.4, -0.2) is 3.21 Å². The van der Waals surface area contributed by atoms with Gasteiger partial charge in [-0.05, 0) is 0 Å². The maximum absolute atomic E-state index is 4.05. The van der Waals surface area contributed by atoms with E-state index in [0.29, 0.717) is 3.63 Å². The molecule has 2 aliphatic rings. The van der Waals surface area contributed by atoms with Crippen molar-refractivity contribution in [2.45, 2.75) is 44.2 Å². The molecule has 0 fully saturated rings. The van der Waals surface area contributed by atoms with Crippen LogP contribution < -0.4 is 24.8 Å². The van der Waals surface area contributed by atoms with Crippen LogP contribution in [0.3, 0.4) is 0 Å². The number of hydrogen-bond acceptors (Lipinski definition) is 0. The van der Waals surface area contributed by atoms with Gasteiger partial charge in [0.25, 0.3) is 0 Å². The van der Waals surface area contributed by atoms with Gasteiger partial charge in [-0.3, -0.25) is 0 Å². The van der Waals surface area contributed by atoms with Crippen molar-refractivity contribution < 1.29 is 46.1 Å². The number of hydrogen-bond donors (Lipinski definition) is 0. The normalized spacial score (nSPS) is 14.3. The van der Waals surface area contributed by atoms with Crippen LogP contribution in [0.1, 0.15) is 72.0 Å². The maximum Gasteiger partial charge on any atom is -1.00 e. The Morgan fingerprint density at radius 1 is 0.868 bits per heavy atom. The zero-order chi connectivity index (χ0) is 25.4. The first-order chi connectivity index (χ1) is 17.4. The van der Waals surface area contributed by atoms with E-state index in [-0.39, 0.29) is 30.2 Å². The molecule has 0 aromatic heterocycles. The van der Waals surface area contributed by atoms with Gasteiger partial charge in [0.05, 0.1) is 0 Å². The molecule has 38 heavy (non-hydrogen) atoms. The first kappa shape index (κ1) is 30.5. The van der Waals surface area contributed by atoms with Crippen molar-refractivity contribution in [2.75, 3.05) is 0 Å². The molecular formula is C35H36Cl2Zr. The summed E-state index contributed by atoms with van der Waals surface area (Å²) in [7, 11) is 0. The van der Waals surface area contributed by atoms with Crippen molar-refractivity contribution in [1.82, 2.24) is 0 Å². The second kappa shape index (κ2) is 12.4. The van der Waals surface area contributed by atoms with Crippen LogP contribution in [-0.2, 0) is 21.3 Å². The van der Waals surface area contributed by atoms with E-state index in [1.54, 1.807) is 6.49 Å². The van der Waals surface area contributed by atoms with E-state index in [0.717, 1.165) is 12.8 Å². The second-order valence-electron chi connectivity index (χ2n) is 10.9. The average Bonchev–Trinajstić information content (AvgIpc) is 3.51. The van der Waals surface area contributed by atoms with Crippen LogP contribution >= 0.6 is 0 Å². The smallest absolute Gasteiger partial charge is 1.00 e. The zero-order valence-electron chi connectivity index (χ0n) is 22.8. The maximum atomic E-state index is 4.05. The Morgan fingerprint density at radius 3 is 1.87 bits per heavy atom. The minimum absolute atomic E-state index is 0. The van der Waals surface area contributed by atoms with Gasteiger partial charge in [-0.1, -0.05) is 0 Å².